The van der Waals surface area contributed by atoms with Gasteiger partial charge >= 0.3 is 5.91 Å². The molecule has 3 aromatic rings. The molecule has 3 heterocycles. The zero-order valence-electron chi connectivity index (χ0n) is 21.4. The topological polar surface area (TPSA) is 70.6 Å². The summed E-state index contributed by atoms with van der Waals surface area (Å²) in [6.45, 7) is 6.58. The van der Waals surface area contributed by atoms with E-state index in [-0.39, 0.29) is 28.0 Å². The fraction of sp³-hybridized carbons (Fsp3) is 0.429. The average Bonchev–Trinajstić information content (AvgIpc) is 3.29. The van der Waals surface area contributed by atoms with E-state index in [1.807, 2.05) is 30.3 Å². The summed E-state index contributed by atoms with van der Waals surface area (Å²) in [6.07, 6.45) is 4.27. The summed E-state index contributed by atoms with van der Waals surface area (Å²) < 4.78 is 30.3. The van der Waals surface area contributed by atoms with Crippen LogP contribution in [0.4, 0.5) is 0 Å². The second kappa shape index (κ2) is 10.4. The van der Waals surface area contributed by atoms with Crippen molar-refractivity contribution in [2.45, 2.75) is 63.1 Å². The van der Waals surface area contributed by atoms with E-state index in [2.05, 4.69) is 23.7 Å². The molecule has 1 aromatic heterocycles. The van der Waals surface area contributed by atoms with Gasteiger partial charge in [-0.25, -0.2) is 13.2 Å². The number of carbonyl (C=O) groups excluding carboxylic acids is 1. The Morgan fingerprint density at radius 2 is 1.81 bits per heavy atom. The van der Waals surface area contributed by atoms with E-state index >= 15 is 0 Å². The molecule has 7 nitrogen and oxygen atoms in total. The van der Waals surface area contributed by atoms with Crippen LogP contribution in [0.15, 0.2) is 65.7 Å². The molecule has 2 aromatic carbocycles. The van der Waals surface area contributed by atoms with Crippen molar-refractivity contribution in [3.05, 3.63) is 71.5 Å². The maximum atomic E-state index is 14.5. The van der Waals surface area contributed by atoms with Crippen LogP contribution in [0.5, 0.6) is 0 Å². The number of halogens is 1. The summed E-state index contributed by atoms with van der Waals surface area (Å²) in [6, 6.07) is 16.3. The third kappa shape index (κ3) is 4.93. The van der Waals surface area contributed by atoms with Crippen molar-refractivity contribution in [1.29, 1.82) is 0 Å². The van der Waals surface area contributed by atoms with Gasteiger partial charge in [0, 0.05) is 49.6 Å². The summed E-state index contributed by atoms with van der Waals surface area (Å²) in [7, 11) is -4.06. The fourth-order valence-electron chi connectivity index (χ4n) is 5.93. The standard InChI is InChI=1S/C28H34ClN4O3S/c1-21(2)31-15-12-26(13-16-31)33(17-5-7-28(33)34)32(20-25-6-3-4-14-30-25)37(35,36)27-11-9-22-18-24(29)10-8-23(22)19-27/h3-4,6,8-11,14,18-19,21,26H,5,7,12-13,15-17,20H2,1-2H3/q+1/t33-/m0/s1. The second-order valence-electron chi connectivity index (χ2n) is 10.4. The first kappa shape index (κ1) is 26.3. The summed E-state index contributed by atoms with van der Waals surface area (Å²) in [4.78, 5) is 20.8. The molecule has 2 aliphatic rings. The first-order chi connectivity index (χ1) is 17.7. The average molecular weight is 542 g/mol. The number of nitrogens with zero attached hydrogens (tertiary/aromatic N) is 4. The summed E-state index contributed by atoms with van der Waals surface area (Å²) >= 11 is 6.15. The van der Waals surface area contributed by atoms with Gasteiger partial charge in [0.15, 0.2) is 0 Å². The van der Waals surface area contributed by atoms with Crippen LogP contribution in [0.3, 0.4) is 0 Å². The van der Waals surface area contributed by atoms with Crippen molar-refractivity contribution < 1.29 is 17.8 Å². The molecule has 0 N–H and O–H groups in total. The Hall–Kier alpha value is -2.36. The van der Waals surface area contributed by atoms with E-state index < -0.39 is 10.0 Å². The van der Waals surface area contributed by atoms with Crippen LogP contribution in [-0.2, 0) is 21.4 Å². The number of pyridine rings is 1. The number of carbonyl (C=O) groups is 1. The first-order valence-corrected chi connectivity index (χ1v) is 14.8. The second-order valence-corrected chi connectivity index (χ2v) is 12.6. The first-order valence-electron chi connectivity index (χ1n) is 13.0. The zero-order valence-corrected chi connectivity index (χ0v) is 23.0. The Morgan fingerprint density at radius 1 is 1.08 bits per heavy atom. The summed E-state index contributed by atoms with van der Waals surface area (Å²) in [5, 5.41) is 2.25. The number of quaternary nitrogens is 1. The van der Waals surface area contributed by atoms with Crippen molar-refractivity contribution in [2.24, 2.45) is 0 Å². The van der Waals surface area contributed by atoms with Gasteiger partial charge in [-0.3, -0.25) is 4.98 Å². The number of aromatic nitrogens is 1. The van der Waals surface area contributed by atoms with Crippen LogP contribution in [0.1, 0.15) is 45.2 Å². The molecule has 37 heavy (non-hydrogen) atoms. The lowest BCUT2D eigenvalue weighted by Gasteiger charge is -2.47. The molecule has 0 radical (unpaired) electrons. The third-order valence-corrected chi connectivity index (χ3v) is 9.99. The van der Waals surface area contributed by atoms with E-state index in [0.717, 1.165) is 36.7 Å². The van der Waals surface area contributed by atoms with Crippen molar-refractivity contribution in [1.82, 2.24) is 14.3 Å². The van der Waals surface area contributed by atoms with Crippen molar-refractivity contribution >= 4 is 38.3 Å². The van der Waals surface area contributed by atoms with Crippen LogP contribution in [0.25, 0.3) is 10.8 Å². The predicted octanol–water partition coefficient (Wildman–Crippen LogP) is 5.00. The molecule has 0 unspecified atom stereocenters. The van der Waals surface area contributed by atoms with Gasteiger partial charge in [0.25, 0.3) is 10.0 Å². The Bertz CT molecular complexity index is 1390. The zero-order chi connectivity index (χ0) is 26.2. The number of amides is 1. The Labute approximate surface area is 224 Å². The summed E-state index contributed by atoms with van der Waals surface area (Å²) in [5.74, 6) is -0.0184. The molecule has 2 fully saturated rings. The Kier molecular flexibility index (Phi) is 7.40. The van der Waals surface area contributed by atoms with Crippen LogP contribution >= 0.6 is 11.6 Å². The molecule has 5 rings (SSSR count). The maximum absolute atomic E-state index is 14.5. The molecular formula is C28H34ClN4O3S+. The fourth-order valence-corrected chi connectivity index (χ4v) is 7.87. The molecular weight excluding hydrogens is 508 g/mol. The summed E-state index contributed by atoms with van der Waals surface area (Å²) in [5.41, 5.74) is 0.621. The monoisotopic (exact) mass is 541 g/mol. The van der Waals surface area contributed by atoms with Gasteiger partial charge in [-0.2, -0.15) is 4.59 Å². The highest BCUT2D eigenvalue weighted by atomic mass is 35.5. The number of hydrogen-bond acceptors (Lipinski definition) is 5. The SMILES string of the molecule is CC(C)N1CCC([N@@+]2(N(Cc3ccccn3)S(=O)(=O)c3ccc4cc(Cl)ccc4c3)CCCC2=O)CC1. The van der Waals surface area contributed by atoms with Crippen LogP contribution in [-0.4, -0.2) is 64.9 Å². The molecule has 0 saturated carbocycles. The van der Waals surface area contributed by atoms with Gasteiger partial charge in [0.05, 0.1) is 17.0 Å². The molecule has 1 atom stereocenters. The maximum Gasteiger partial charge on any atom is 0.334 e. The van der Waals surface area contributed by atoms with Crippen LogP contribution in [0.2, 0.25) is 5.02 Å². The highest BCUT2D eigenvalue weighted by Crippen LogP contribution is 2.38. The highest BCUT2D eigenvalue weighted by molar-refractivity contribution is 7.89. The molecule has 2 aliphatic heterocycles. The molecule has 9 heteroatoms. The quantitative estimate of drug-likeness (QED) is 0.393. The van der Waals surface area contributed by atoms with E-state index in [4.69, 9.17) is 11.6 Å². The smallest absolute Gasteiger partial charge is 0.300 e. The van der Waals surface area contributed by atoms with Crippen molar-refractivity contribution in [3.63, 3.8) is 0 Å². The molecule has 0 bridgehead atoms. The largest absolute Gasteiger partial charge is 0.334 e. The van der Waals surface area contributed by atoms with Crippen LogP contribution in [0, 0.1) is 0 Å². The lowest BCUT2D eigenvalue weighted by molar-refractivity contribution is -0.967. The Morgan fingerprint density at radius 3 is 2.46 bits per heavy atom. The third-order valence-electron chi connectivity index (χ3n) is 7.93. The number of hydrogen-bond donors (Lipinski definition) is 0. The number of piperidine rings is 1. The number of benzene rings is 2. The lowest BCUT2D eigenvalue weighted by Crippen LogP contribution is -2.69. The molecule has 196 valence electrons. The van der Waals surface area contributed by atoms with Crippen molar-refractivity contribution in [3.8, 4) is 0 Å². The number of sulfonamides is 1. The van der Waals surface area contributed by atoms with E-state index in [0.29, 0.717) is 36.1 Å². The highest BCUT2D eigenvalue weighted by Gasteiger charge is 2.57. The van der Waals surface area contributed by atoms with E-state index in [9.17, 15) is 13.2 Å². The number of fused-ring (bicyclic) bond motifs is 1. The normalized spacial score (nSPS) is 21.9. The van der Waals surface area contributed by atoms with Crippen LogP contribution < -0.4 is 0 Å². The molecule has 0 aliphatic carbocycles. The minimum absolute atomic E-state index is 0.0184. The molecule has 1 amide bonds. The van der Waals surface area contributed by atoms with Gasteiger partial charge in [-0.15, -0.1) is 0 Å². The minimum atomic E-state index is -4.06. The molecule has 2 saturated heterocycles. The van der Waals surface area contributed by atoms with Gasteiger partial charge in [0.1, 0.15) is 19.1 Å². The number of rotatable bonds is 7. The lowest BCUT2D eigenvalue weighted by atomic mass is 10.0. The van der Waals surface area contributed by atoms with Gasteiger partial charge < -0.3 is 4.90 Å². The van der Waals surface area contributed by atoms with Gasteiger partial charge in [0.2, 0.25) is 0 Å². The molecule has 0 spiro atoms. The minimum Gasteiger partial charge on any atom is -0.300 e. The van der Waals surface area contributed by atoms with E-state index in [1.165, 1.54) is 4.41 Å². The van der Waals surface area contributed by atoms with Gasteiger partial charge in [-0.05, 0) is 65.4 Å². The van der Waals surface area contributed by atoms with Crippen molar-refractivity contribution in [2.75, 3.05) is 19.6 Å². The Balaban J connectivity index is 1.61. The number of likely N-dealkylation sites (tertiary alicyclic amines) is 2. The predicted molar refractivity (Wildman–Crippen MR) is 145 cm³/mol. The van der Waals surface area contributed by atoms with Gasteiger partial charge in [-0.1, -0.05) is 29.8 Å². The van der Waals surface area contributed by atoms with E-state index in [1.54, 1.807) is 30.5 Å².